The molecule has 0 bridgehead atoms. The molecular formula is C16H16O4. The number of ketones is 1. The topological polar surface area (TPSA) is 66.8 Å². The Morgan fingerprint density at radius 3 is 2.25 bits per heavy atom. The second kappa shape index (κ2) is 5.65. The normalized spacial score (nSPS) is 10.6. The molecule has 0 unspecified atom stereocenters. The summed E-state index contributed by atoms with van der Waals surface area (Å²) in [6, 6.07) is 10.5. The Hall–Kier alpha value is -2.49. The van der Waals surface area contributed by atoms with Gasteiger partial charge >= 0.3 is 0 Å². The molecule has 2 N–H and O–H groups in total. The quantitative estimate of drug-likeness (QED) is 0.839. The summed E-state index contributed by atoms with van der Waals surface area (Å²) in [6.07, 6.45) is -0.00644. The van der Waals surface area contributed by atoms with Crippen molar-refractivity contribution in [2.24, 2.45) is 0 Å². The summed E-state index contributed by atoms with van der Waals surface area (Å²) in [7, 11) is 0. The van der Waals surface area contributed by atoms with Gasteiger partial charge in [0.25, 0.3) is 0 Å². The Bertz CT molecular complexity index is 615. The maximum Gasteiger partial charge on any atom is 0.196 e. The van der Waals surface area contributed by atoms with Crippen LogP contribution in [0.1, 0.15) is 29.8 Å². The molecule has 0 aliphatic carbocycles. The molecule has 104 valence electrons. The van der Waals surface area contributed by atoms with Crippen LogP contribution in [-0.2, 0) is 0 Å². The van der Waals surface area contributed by atoms with Crippen LogP contribution in [0.4, 0.5) is 0 Å². The summed E-state index contributed by atoms with van der Waals surface area (Å²) in [4.78, 5) is 12.2. The Morgan fingerprint density at radius 1 is 1.05 bits per heavy atom. The van der Waals surface area contributed by atoms with Gasteiger partial charge < -0.3 is 14.9 Å². The van der Waals surface area contributed by atoms with E-state index in [2.05, 4.69) is 0 Å². The van der Waals surface area contributed by atoms with Crippen LogP contribution >= 0.6 is 0 Å². The van der Waals surface area contributed by atoms with Gasteiger partial charge in [-0.25, -0.2) is 0 Å². The van der Waals surface area contributed by atoms with E-state index in [1.54, 1.807) is 6.07 Å². The van der Waals surface area contributed by atoms with Gasteiger partial charge in [-0.1, -0.05) is 0 Å². The number of benzene rings is 2. The predicted octanol–water partition coefficient (Wildman–Crippen LogP) is 3.12. The van der Waals surface area contributed by atoms with Crippen molar-refractivity contribution in [3.05, 3.63) is 53.6 Å². The lowest BCUT2D eigenvalue weighted by Crippen LogP contribution is -2.06. The third-order valence-electron chi connectivity index (χ3n) is 2.72. The van der Waals surface area contributed by atoms with E-state index < -0.39 is 0 Å². The van der Waals surface area contributed by atoms with Crippen molar-refractivity contribution in [2.75, 3.05) is 0 Å². The number of carbonyl (C=O) groups excluding carboxylic acids is 1. The maximum absolute atomic E-state index is 12.2. The van der Waals surface area contributed by atoms with Crippen molar-refractivity contribution in [1.82, 2.24) is 0 Å². The van der Waals surface area contributed by atoms with E-state index in [-0.39, 0.29) is 28.9 Å². The SMILES string of the molecule is CC(C)Oc1ccc(C(=O)c2ccc(O)cc2)c(O)c1. The summed E-state index contributed by atoms with van der Waals surface area (Å²) >= 11 is 0. The molecule has 0 radical (unpaired) electrons. The number of ether oxygens (including phenoxy) is 1. The summed E-state index contributed by atoms with van der Waals surface area (Å²) in [5.41, 5.74) is 0.599. The molecule has 0 saturated carbocycles. The first-order valence-electron chi connectivity index (χ1n) is 6.31. The van der Waals surface area contributed by atoms with Crippen molar-refractivity contribution in [3.63, 3.8) is 0 Å². The first-order valence-corrected chi connectivity index (χ1v) is 6.31. The van der Waals surface area contributed by atoms with Crippen molar-refractivity contribution in [3.8, 4) is 17.2 Å². The third-order valence-corrected chi connectivity index (χ3v) is 2.72. The van der Waals surface area contributed by atoms with Crippen LogP contribution < -0.4 is 4.74 Å². The van der Waals surface area contributed by atoms with Gasteiger partial charge in [-0.3, -0.25) is 4.79 Å². The van der Waals surface area contributed by atoms with E-state index >= 15 is 0 Å². The van der Waals surface area contributed by atoms with Gasteiger partial charge in [-0.15, -0.1) is 0 Å². The molecule has 0 atom stereocenters. The molecule has 20 heavy (non-hydrogen) atoms. The highest BCUT2D eigenvalue weighted by molar-refractivity contribution is 6.10. The van der Waals surface area contributed by atoms with Crippen molar-refractivity contribution < 1.29 is 19.7 Å². The van der Waals surface area contributed by atoms with Crippen LogP contribution in [0.15, 0.2) is 42.5 Å². The lowest BCUT2D eigenvalue weighted by Gasteiger charge is -2.11. The van der Waals surface area contributed by atoms with Crippen LogP contribution in [0.25, 0.3) is 0 Å². The maximum atomic E-state index is 12.2. The number of hydrogen-bond acceptors (Lipinski definition) is 4. The molecule has 2 aromatic rings. The van der Waals surface area contributed by atoms with E-state index in [0.717, 1.165) is 0 Å². The smallest absolute Gasteiger partial charge is 0.196 e. The highest BCUT2D eigenvalue weighted by atomic mass is 16.5. The van der Waals surface area contributed by atoms with Crippen LogP contribution in [-0.4, -0.2) is 22.1 Å². The Morgan fingerprint density at radius 2 is 1.70 bits per heavy atom. The molecular weight excluding hydrogens is 256 g/mol. The second-order valence-corrected chi connectivity index (χ2v) is 4.72. The van der Waals surface area contributed by atoms with E-state index in [9.17, 15) is 15.0 Å². The zero-order chi connectivity index (χ0) is 14.7. The fraction of sp³-hybridized carbons (Fsp3) is 0.188. The van der Waals surface area contributed by atoms with E-state index in [4.69, 9.17) is 4.74 Å². The predicted molar refractivity (Wildman–Crippen MR) is 75.4 cm³/mol. The van der Waals surface area contributed by atoms with Crippen molar-refractivity contribution in [2.45, 2.75) is 20.0 Å². The molecule has 4 nitrogen and oxygen atoms in total. The molecule has 0 spiro atoms. The number of hydrogen-bond donors (Lipinski definition) is 2. The van der Waals surface area contributed by atoms with Gasteiger partial charge in [0.05, 0.1) is 11.7 Å². The van der Waals surface area contributed by atoms with E-state index in [1.165, 1.54) is 36.4 Å². The third kappa shape index (κ3) is 3.09. The van der Waals surface area contributed by atoms with Gasteiger partial charge in [-0.05, 0) is 50.2 Å². The number of phenols is 2. The minimum Gasteiger partial charge on any atom is -0.508 e. The van der Waals surface area contributed by atoms with Crippen LogP contribution in [0.3, 0.4) is 0 Å². The van der Waals surface area contributed by atoms with E-state index in [0.29, 0.717) is 11.3 Å². The first kappa shape index (κ1) is 13.9. The summed E-state index contributed by atoms with van der Waals surface area (Å²) in [6.45, 7) is 3.76. The van der Waals surface area contributed by atoms with Crippen LogP contribution in [0, 0.1) is 0 Å². The monoisotopic (exact) mass is 272 g/mol. The van der Waals surface area contributed by atoms with Gasteiger partial charge in [0.15, 0.2) is 5.78 Å². The molecule has 0 aliphatic heterocycles. The van der Waals surface area contributed by atoms with Crippen molar-refractivity contribution >= 4 is 5.78 Å². The zero-order valence-electron chi connectivity index (χ0n) is 11.3. The molecule has 0 saturated heterocycles. The number of rotatable bonds is 4. The molecule has 0 heterocycles. The Balaban J connectivity index is 2.28. The number of aromatic hydroxyl groups is 2. The largest absolute Gasteiger partial charge is 0.508 e. The lowest BCUT2D eigenvalue weighted by atomic mass is 10.0. The molecule has 0 aromatic heterocycles. The number of phenolic OH excluding ortho intramolecular Hbond substituents is 2. The minimum absolute atomic E-state index is 0.00644. The summed E-state index contributed by atoms with van der Waals surface area (Å²) in [5, 5.41) is 19.1. The fourth-order valence-electron chi connectivity index (χ4n) is 1.82. The first-order chi connectivity index (χ1) is 9.47. The lowest BCUT2D eigenvalue weighted by molar-refractivity contribution is 0.103. The summed E-state index contributed by atoms with van der Waals surface area (Å²) in [5.74, 6) is 0.172. The minimum atomic E-state index is -0.307. The second-order valence-electron chi connectivity index (χ2n) is 4.72. The summed E-state index contributed by atoms with van der Waals surface area (Å²) < 4.78 is 5.45. The van der Waals surface area contributed by atoms with Gasteiger partial charge in [0, 0.05) is 11.6 Å². The molecule has 0 aliphatic rings. The highest BCUT2D eigenvalue weighted by Gasteiger charge is 2.14. The molecule has 0 amide bonds. The average molecular weight is 272 g/mol. The molecule has 2 rings (SSSR count). The highest BCUT2D eigenvalue weighted by Crippen LogP contribution is 2.26. The standard InChI is InChI=1S/C16H16O4/c1-10(2)20-13-7-8-14(15(18)9-13)16(19)11-3-5-12(17)6-4-11/h3-10,17-18H,1-2H3. The Kier molecular flexibility index (Phi) is 3.94. The van der Waals surface area contributed by atoms with Crippen molar-refractivity contribution in [1.29, 1.82) is 0 Å². The van der Waals surface area contributed by atoms with E-state index in [1.807, 2.05) is 13.8 Å². The molecule has 0 fully saturated rings. The zero-order valence-corrected chi connectivity index (χ0v) is 11.3. The Labute approximate surface area is 117 Å². The van der Waals surface area contributed by atoms with Gasteiger partial charge in [0.1, 0.15) is 17.2 Å². The fourth-order valence-corrected chi connectivity index (χ4v) is 1.82. The van der Waals surface area contributed by atoms with Gasteiger partial charge in [0.2, 0.25) is 0 Å². The average Bonchev–Trinajstić information content (AvgIpc) is 2.38. The number of carbonyl (C=O) groups is 1. The van der Waals surface area contributed by atoms with Crippen LogP contribution in [0.5, 0.6) is 17.2 Å². The molecule has 4 heteroatoms. The van der Waals surface area contributed by atoms with Gasteiger partial charge in [-0.2, -0.15) is 0 Å². The molecule has 2 aromatic carbocycles. The van der Waals surface area contributed by atoms with Crippen LogP contribution in [0.2, 0.25) is 0 Å².